The first-order valence-corrected chi connectivity index (χ1v) is 6.28. The molecule has 2 nitrogen and oxygen atoms in total. The molecule has 96 valence electrons. The largest absolute Gasteiger partial charge is 0.313 e. The molecule has 0 heterocycles. The van der Waals surface area contributed by atoms with Crippen molar-refractivity contribution >= 4 is 0 Å². The molecular formula is C14H23FN2. The number of likely N-dealkylation sites (N-methyl/N-ethyl adjacent to an activating group) is 1. The highest BCUT2D eigenvalue weighted by Crippen LogP contribution is 2.06. The number of hydrogen-bond donors (Lipinski definition) is 1. The summed E-state index contributed by atoms with van der Waals surface area (Å²) in [5, 5.41) is 3.45. The number of nitrogens with one attached hydrogen (secondary N) is 1. The molecule has 0 aliphatic heterocycles. The molecule has 0 saturated carbocycles. The standard InChI is InChI=1S/C14H23FN2/c1-4-17(3)9-8-16-12(2)10-13-6-5-7-14(15)11-13/h5-7,11-12,16H,4,8-10H2,1-3H3. The molecule has 0 bridgehead atoms. The maximum Gasteiger partial charge on any atom is 0.123 e. The van der Waals surface area contributed by atoms with E-state index in [2.05, 4.69) is 31.1 Å². The van der Waals surface area contributed by atoms with Crippen LogP contribution in [0.25, 0.3) is 0 Å². The van der Waals surface area contributed by atoms with Gasteiger partial charge in [0.15, 0.2) is 0 Å². The van der Waals surface area contributed by atoms with Crippen molar-refractivity contribution < 1.29 is 4.39 Å². The first kappa shape index (κ1) is 14.1. The van der Waals surface area contributed by atoms with Crippen LogP contribution in [0, 0.1) is 5.82 Å². The summed E-state index contributed by atoms with van der Waals surface area (Å²) >= 11 is 0. The highest BCUT2D eigenvalue weighted by atomic mass is 19.1. The van der Waals surface area contributed by atoms with E-state index in [1.165, 1.54) is 6.07 Å². The van der Waals surface area contributed by atoms with Crippen molar-refractivity contribution in [1.29, 1.82) is 0 Å². The van der Waals surface area contributed by atoms with Crippen LogP contribution >= 0.6 is 0 Å². The van der Waals surface area contributed by atoms with Crippen LogP contribution in [-0.2, 0) is 6.42 Å². The van der Waals surface area contributed by atoms with E-state index in [1.807, 2.05) is 6.07 Å². The van der Waals surface area contributed by atoms with Crippen LogP contribution in [0.5, 0.6) is 0 Å². The van der Waals surface area contributed by atoms with E-state index in [4.69, 9.17) is 0 Å². The smallest absolute Gasteiger partial charge is 0.123 e. The summed E-state index contributed by atoms with van der Waals surface area (Å²) in [5.74, 6) is -0.152. The van der Waals surface area contributed by atoms with Crippen LogP contribution in [0.3, 0.4) is 0 Å². The summed E-state index contributed by atoms with van der Waals surface area (Å²) < 4.78 is 13.0. The van der Waals surface area contributed by atoms with Crippen LogP contribution in [0.4, 0.5) is 4.39 Å². The zero-order valence-electron chi connectivity index (χ0n) is 11.0. The highest BCUT2D eigenvalue weighted by molar-refractivity contribution is 5.17. The normalized spacial score (nSPS) is 13.0. The van der Waals surface area contributed by atoms with Gasteiger partial charge in [0, 0.05) is 19.1 Å². The van der Waals surface area contributed by atoms with Gasteiger partial charge in [-0.05, 0) is 44.6 Å². The number of hydrogen-bond acceptors (Lipinski definition) is 2. The van der Waals surface area contributed by atoms with Gasteiger partial charge in [-0.2, -0.15) is 0 Å². The average Bonchev–Trinajstić information content (AvgIpc) is 2.28. The SMILES string of the molecule is CCN(C)CCNC(C)Cc1cccc(F)c1. The Morgan fingerprint density at radius 2 is 2.18 bits per heavy atom. The Balaban J connectivity index is 2.27. The van der Waals surface area contributed by atoms with E-state index >= 15 is 0 Å². The quantitative estimate of drug-likeness (QED) is 0.784. The molecule has 1 N–H and O–H groups in total. The third kappa shape index (κ3) is 5.80. The Bertz CT molecular complexity index is 328. The fraction of sp³-hybridized carbons (Fsp3) is 0.571. The minimum absolute atomic E-state index is 0.152. The van der Waals surface area contributed by atoms with Gasteiger partial charge in [0.1, 0.15) is 5.82 Å². The maximum atomic E-state index is 13.0. The van der Waals surface area contributed by atoms with Gasteiger partial charge in [-0.1, -0.05) is 19.1 Å². The highest BCUT2D eigenvalue weighted by Gasteiger charge is 2.04. The van der Waals surface area contributed by atoms with E-state index < -0.39 is 0 Å². The molecule has 1 aromatic carbocycles. The maximum absolute atomic E-state index is 13.0. The van der Waals surface area contributed by atoms with Gasteiger partial charge >= 0.3 is 0 Å². The second kappa shape index (κ2) is 7.41. The van der Waals surface area contributed by atoms with Crippen LogP contribution in [0.1, 0.15) is 19.4 Å². The molecular weight excluding hydrogens is 215 g/mol. The average molecular weight is 238 g/mol. The summed E-state index contributed by atoms with van der Waals surface area (Å²) in [7, 11) is 2.11. The van der Waals surface area contributed by atoms with E-state index in [0.717, 1.165) is 31.6 Å². The van der Waals surface area contributed by atoms with Crippen molar-refractivity contribution in [3.8, 4) is 0 Å². The van der Waals surface area contributed by atoms with E-state index in [9.17, 15) is 4.39 Å². The lowest BCUT2D eigenvalue weighted by Gasteiger charge is -2.18. The zero-order chi connectivity index (χ0) is 12.7. The Hall–Kier alpha value is -0.930. The molecule has 0 saturated heterocycles. The zero-order valence-corrected chi connectivity index (χ0v) is 11.0. The van der Waals surface area contributed by atoms with Crippen LogP contribution in [0.2, 0.25) is 0 Å². The molecule has 3 heteroatoms. The third-order valence-electron chi connectivity index (χ3n) is 2.96. The van der Waals surface area contributed by atoms with Gasteiger partial charge < -0.3 is 10.2 Å². The summed E-state index contributed by atoms with van der Waals surface area (Å²) in [6.45, 7) is 7.37. The molecule has 0 aliphatic carbocycles. The summed E-state index contributed by atoms with van der Waals surface area (Å²) in [4.78, 5) is 2.27. The Labute approximate surface area is 104 Å². The molecule has 17 heavy (non-hydrogen) atoms. The molecule has 0 aromatic heterocycles. The molecule has 0 spiro atoms. The van der Waals surface area contributed by atoms with Crippen LogP contribution < -0.4 is 5.32 Å². The van der Waals surface area contributed by atoms with Gasteiger partial charge in [-0.3, -0.25) is 0 Å². The van der Waals surface area contributed by atoms with Crippen molar-refractivity contribution in [1.82, 2.24) is 10.2 Å². The van der Waals surface area contributed by atoms with E-state index in [-0.39, 0.29) is 5.82 Å². The molecule has 1 atom stereocenters. The Morgan fingerprint density at radius 1 is 1.41 bits per heavy atom. The fourth-order valence-corrected chi connectivity index (χ4v) is 1.75. The number of rotatable bonds is 7. The predicted octanol–water partition coefficient (Wildman–Crippen LogP) is 2.30. The predicted molar refractivity (Wildman–Crippen MR) is 70.7 cm³/mol. The third-order valence-corrected chi connectivity index (χ3v) is 2.96. The summed E-state index contributed by atoms with van der Waals surface area (Å²) in [6, 6.07) is 7.21. The molecule has 0 fully saturated rings. The summed E-state index contributed by atoms with van der Waals surface area (Å²) in [6.07, 6.45) is 0.869. The lowest BCUT2D eigenvalue weighted by Crippen LogP contribution is -2.35. The van der Waals surface area contributed by atoms with Crippen LogP contribution in [0.15, 0.2) is 24.3 Å². The van der Waals surface area contributed by atoms with Gasteiger partial charge in [-0.15, -0.1) is 0 Å². The van der Waals surface area contributed by atoms with Crippen molar-refractivity contribution in [2.45, 2.75) is 26.3 Å². The van der Waals surface area contributed by atoms with Crippen molar-refractivity contribution in [3.63, 3.8) is 0 Å². The van der Waals surface area contributed by atoms with Crippen molar-refractivity contribution in [2.24, 2.45) is 0 Å². The van der Waals surface area contributed by atoms with Crippen molar-refractivity contribution in [2.75, 3.05) is 26.7 Å². The monoisotopic (exact) mass is 238 g/mol. The first-order valence-electron chi connectivity index (χ1n) is 6.28. The lowest BCUT2D eigenvalue weighted by atomic mass is 10.1. The van der Waals surface area contributed by atoms with Gasteiger partial charge in [0.05, 0.1) is 0 Å². The molecule has 1 aromatic rings. The second-order valence-electron chi connectivity index (χ2n) is 4.59. The second-order valence-corrected chi connectivity index (χ2v) is 4.59. The lowest BCUT2D eigenvalue weighted by molar-refractivity contribution is 0.341. The van der Waals surface area contributed by atoms with Gasteiger partial charge in [-0.25, -0.2) is 4.39 Å². The van der Waals surface area contributed by atoms with Crippen LogP contribution in [-0.4, -0.2) is 37.6 Å². The van der Waals surface area contributed by atoms with Gasteiger partial charge in [0.25, 0.3) is 0 Å². The van der Waals surface area contributed by atoms with E-state index in [1.54, 1.807) is 12.1 Å². The minimum atomic E-state index is -0.152. The summed E-state index contributed by atoms with van der Waals surface area (Å²) in [5.41, 5.74) is 1.05. The number of nitrogens with zero attached hydrogens (tertiary/aromatic N) is 1. The van der Waals surface area contributed by atoms with Crippen molar-refractivity contribution in [3.05, 3.63) is 35.6 Å². The Kier molecular flexibility index (Phi) is 6.16. The molecule has 0 radical (unpaired) electrons. The Morgan fingerprint density at radius 3 is 2.82 bits per heavy atom. The topological polar surface area (TPSA) is 15.3 Å². The fourth-order valence-electron chi connectivity index (χ4n) is 1.75. The molecule has 0 amide bonds. The molecule has 1 unspecified atom stereocenters. The number of benzene rings is 1. The first-order chi connectivity index (χ1) is 8.11. The number of halogens is 1. The van der Waals surface area contributed by atoms with Gasteiger partial charge in [0.2, 0.25) is 0 Å². The van der Waals surface area contributed by atoms with E-state index in [0.29, 0.717) is 6.04 Å². The molecule has 0 aliphatic rings. The molecule has 1 rings (SSSR count). The minimum Gasteiger partial charge on any atom is -0.313 e.